The molecule has 0 amide bonds. The van der Waals surface area contributed by atoms with Gasteiger partial charge in [-0.15, -0.1) is 0 Å². The molecular formula is C14H19NO2. The lowest BCUT2D eigenvalue weighted by Crippen LogP contribution is -2.69. The zero-order chi connectivity index (χ0) is 11.9. The van der Waals surface area contributed by atoms with Gasteiger partial charge in [-0.05, 0) is 5.56 Å². The Morgan fingerprint density at radius 3 is 2.24 bits per heavy atom. The van der Waals surface area contributed by atoms with E-state index in [0.717, 1.165) is 19.4 Å². The zero-order valence-corrected chi connectivity index (χ0v) is 10.4. The van der Waals surface area contributed by atoms with Gasteiger partial charge >= 0.3 is 0 Å². The van der Waals surface area contributed by atoms with Crippen LogP contribution < -0.4 is 5.32 Å². The minimum Gasteiger partial charge on any atom is -0.353 e. The molecule has 2 fully saturated rings. The van der Waals surface area contributed by atoms with Gasteiger partial charge in [0.05, 0.1) is 0 Å². The molecule has 0 radical (unpaired) electrons. The highest BCUT2D eigenvalue weighted by molar-refractivity contribution is 5.28. The van der Waals surface area contributed by atoms with Gasteiger partial charge in [0.15, 0.2) is 5.79 Å². The van der Waals surface area contributed by atoms with E-state index in [9.17, 15) is 0 Å². The Morgan fingerprint density at radius 1 is 1.12 bits per heavy atom. The molecule has 3 rings (SSSR count). The molecule has 0 aromatic heterocycles. The molecule has 1 saturated heterocycles. The van der Waals surface area contributed by atoms with Crippen molar-refractivity contribution in [3.63, 3.8) is 0 Å². The van der Waals surface area contributed by atoms with E-state index in [4.69, 9.17) is 9.47 Å². The lowest BCUT2D eigenvalue weighted by Gasteiger charge is -2.63. The van der Waals surface area contributed by atoms with E-state index in [1.54, 1.807) is 14.2 Å². The number of hydrogen-bond donors (Lipinski definition) is 1. The summed E-state index contributed by atoms with van der Waals surface area (Å²) in [7, 11) is 3.47. The van der Waals surface area contributed by atoms with Crippen molar-refractivity contribution in [2.24, 2.45) is 5.41 Å². The van der Waals surface area contributed by atoms with Gasteiger partial charge in [0.1, 0.15) is 0 Å². The van der Waals surface area contributed by atoms with Crippen LogP contribution in [0.1, 0.15) is 24.4 Å². The number of hydrogen-bond acceptors (Lipinski definition) is 3. The van der Waals surface area contributed by atoms with E-state index in [1.807, 2.05) is 0 Å². The van der Waals surface area contributed by atoms with E-state index in [2.05, 4.69) is 35.6 Å². The molecule has 1 aliphatic heterocycles. The lowest BCUT2D eigenvalue weighted by molar-refractivity contribution is -0.315. The fourth-order valence-electron chi connectivity index (χ4n) is 3.33. The molecule has 1 aliphatic carbocycles. The molecule has 17 heavy (non-hydrogen) atoms. The standard InChI is InChI=1S/C14H19NO2/c1-16-14(17-2)8-13(9-14)10-15-12(13)11-6-4-3-5-7-11/h3-7,12,15H,8-10H2,1-2H3. The topological polar surface area (TPSA) is 30.5 Å². The summed E-state index contributed by atoms with van der Waals surface area (Å²) >= 11 is 0. The first-order chi connectivity index (χ1) is 8.24. The molecule has 1 heterocycles. The lowest BCUT2D eigenvalue weighted by atomic mass is 9.54. The molecule has 1 saturated carbocycles. The molecule has 1 N–H and O–H groups in total. The maximum Gasteiger partial charge on any atom is 0.168 e. The van der Waals surface area contributed by atoms with Crippen LogP contribution in [0, 0.1) is 5.41 Å². The van der Waals surface area contributed by atoms with Crippen LogP contribution in [0.3, 0.4) is 0 Å². The second-order valence-corrected chi connectivity index (χ2v) is 5.26. The highest BCUT2D eigenvalue weighted by Crippen LogP contribution is 2.60. The number of rotatable bonds is 3. The Hall–Kier alpha value is -0.900. The van der Waals surface area contributed by atoms with Crippen molar-refractivity contribution in [3.05, 3.63) is 35.9 Å². The van der Waals surface area contributed by atoms with E-state index >= 15 is 0 Å². The Morgan fingerprint density at radius 2 is 1.76 bits per heavy atom. The van der Waals surface area contributed by atoms with Gasteiger partial charge in [0.2, 0.25) is 0 Å². The molecule has 1 spiro atoms. The largest absolute Gasteiger partial charge is 0.353 e. The van der Waals surface area contributed by atoms with Crippen molar-refractivity contribution in [2.45, 2.75) is 24.7 Å². The van der Waals surface area contributed by atoms with Crippen molar-refractivity contribution in [3.8, 4) is 0 Å². The summed E-state index contributed by atoms with van der Waals surface area (Å²) in [4.78, 5) is 0. The first kappa shape index (κ1) is 11.2. The number of benzene rings is 1. The van der Waals surface area contributed by atoms with E-state index in [1.165, 1.54) is 5.56 Å². The molecule has 0 bridgehead atoms. The predicted octanol–water partition coefficient (Wildman–Crippen LogP) is 2.10. The summed E-state index contributed by atoms with van der Waals surface area (Å²) in [5, 5.41) is 3.53. The smallest absolute Gasteiger partial charge is 0.168 e. The maximum absolute atomic E-state index is 5.49. The maximum atomic E-state index is 5.49. The second kappa shape index (κ2) is 3.80. The quantitative estimate of drug-likeness (QED) is 0.811. The van der Waals surface area contributed by atoms with Crippen LogP contribution in [-0.2, 0) is 9.47 Å². The third-order valence-corrected chi connectivity index (χ3v) is 4.39. The molecule has 1 atom stereocenters. The average Bonchev–Trinajstić information content (AvgIpc) is 2.29. The van der Waals surface area contributed by atoms with Crippen LogP contribution in [0.2, 0.25) is 0 Å². The Balaban J connectivity index is 1.76. The third-order valence-electron chi connectivity index (χ3n) is 4.39. The number of methoxy groups -OCH3 is 2. The van der Waals surface area contributed by atoms with E-state index in [-0.39, 0.29) is 5.79 Å². The molecule has 1 aromatic carbocycles. The summed E-state index contributed by atoms with van der Waals surface area (Å²) < 4.78 is 11.0. The third kappa shape index (κ3) is 1.53. The second-order valence-electron chi connectivity index (χ2n) is 5.26. The number of ether oxygens (including phenoxy) is 2. The summed E-state index contributed by atoms with van der Waals surface area (Å²) in [5.41, 5.74) is 1.72. The first-order valence-corrected chi connectivity index (χ1v) is 6.12. The minimum atomic E-state index is -0.338. The normalized spacial score (nSPS) is 28.5. The molecule has 2 aliphatic rings. The van der Waals surface area contributed by atoms with Crippen LogP contribution >= 0.6 is 0 Å². The van der Waals surface area contributed by atoms with E-state index < -0.39 is 0 Å². The molecule has 1 aromatic rings. The van der Waals surface area contributed by atoms with E-state index in [0.29, 0.717) is 11.5 Å². The monoisotopic (exact) mass is 233 g/mol. The van der Waals surface area contributed by atoms with Crippen molar-refractivity contribution in [1.29, 1.82) is 0 Å². The highest BCUT2D eigenvalue weighted by Gasteiger charge is 2.63. The molecule has 3 heteroatoms. The SMILES string of the molecule is COC1(OC)CC2(CNC2c2ccccc2)C1. The van der Waals surface area contributed by atoms with Crippen LogP contribution in [-0.4, -0.2) is 26.6 Å². The molecule has 1 unspecified atom stereocenters. The minimum absolute atomic E-state index is 0.338. The van der Waals surface area contributed by atoms with Gasteiger partial charge in [-0.2, -0.15) is 0 Å². The van der Waals surface area contributed by atoms with Crippen molar-refractivity contribution in [1.82, 2.24) is 5.32 Å². The fraction of sp³-hybridized carbons (Fsp3) is 0.571. The average molecular weight is 233 g/mol. The van der Waals surface area contributed by atoms with Gasteiger partial charge in [-0.1, -0.05) is 30.3 Å². The van der Waals surface area contributed by atoms with Crippen molar-refractivity contribution in [2.75, 3.05) is 20.8 Å². The number of nitrogens with one attached hydrogen (secondary N) is 1. The van der Waals surface area contributed by atoms with Crippen LogP contribution in [0.25, 0.3) is 0 Å². The zero-order valence-electron chi connectivity index (χ0n) is 10.4. The Bertz CT molecular complexity index is 392. The summed E-state index contributed by atoms with van der Waals surface area (Å²) in [6.07, 6.45) is 1.97. The van der Waals surface area contributed by atoms with Gasteiger partial charge in [-0.3, -0.25) is 0 Å². The van der Waals surface area contributed by atoms with Crippen molar-refractivity contribution >= 4 is 0 Å². The summed E-state index contributed by atoms with van der Waals surface area (Å²) in [6.45, 7) is 1.07. The van der Waals surface area contributed by atoms with Crippen LogP contribution in [0.4, 0.5) is 0 Å². The molecule has 3 nitrogen and oxygen atoms in total. The predicted molar refractivity (Wildman–Crippen MR) is 65.6 cm³/mol. The van der Waals surface area contributed by atoms with Crippen LogP contribution in [0.5, 0.6) is 0 Å². The fourth-order valence-corrected chi connectivity index (χ4v) is 3.33. The van der Waals surface area contributed by atoms with Gasteiger partial charge < -0.3 is 14.8 Å². The Kier molecular flexibility index (Phi) is 2.51. The Labute approximate surface area is 102 Å². The molecular weight excluding hydrogens is 214 g/mol. The summed E-state index contributed by atoms with van der Waals surface area (Å²) in [6, 6.07) is 11.1. The highest BCUT2D eigenvalue weighted by atomic mass is 16.7. The van der Waals surface area contributed by atoms with Crippen molar-refractivity contribution < 1.29 is 9.47 Å². The van der Waals surface area contributed by atoms with Gasteiger partial charge in [-0.25, -0.2) is 0 Å². The summed E-state index contributed by atoms with van der Waals surface area (Å²) in [5.74, 6) is -0.338. The molecule has 92 valence electrons. The first-order valence-electron chi connectivity index (χ1n) is 6.12. The van der Waals surface area contributed by atoms with Gasteiger partial charge in [0, 0.05) is 45.1 Å². The van der Waals surface area contributed by atoms with Crippen LogP contribution in [0.15, 0.2) is 30.3 Å². The van der Waals surface area contributed by atoms with Gasteiger partial charge in [0.25, 0.3) is 0 Å².